The van der Waals surface area contributed by atoms with Gasteiger partial charge in [0.05, 0.1) is 12.4 Å². The summed E-state index contributed by atoms with van der Waals surface area (Å²) < 4.78 is 37.1. The topological polar surface area (TPSA) is 83.5 Å². The Morgan fingerprint density at radius 2 is 1.94 bits per heavy atom. The van der Waals surface area contributed by atoms with Crippen LogP contribution in [0.1, 0.15) is 18.0 Å². The number of hydrogen-bond acceptors (Lipinski definition) is 3. The van der Waals surface area contributed by atoms with Gasteiger partial charge in [-0.2, -0.15) is 4.72 Å². The van der Waals surface area contributed by atoms with Gasteiger partial charge in [0.1, 0.15) is 6.04 Å². The van der Waals surface area contributed by atoms with Crippen LogP contribution in [0.2, 0.25) is 0 Å². The third-order valence-electron chi connectivity index (χ3n) is 2.22. The molecule has 7 heteroatoms. The van der Waals surface area contributed by atoms with Crippen LogP contribution in [-0.2, 0) is 14.8 Å². The number of rotatable bonds is 7. The van der Waals surface area contributed by atoms with Gasteiger partial charge < -0.3 is 5.11 Å². The fraction of sp³-hybridized carbons (Fsp3) is 0.364. The monoisotopic (exact) mass is 275 g/mol. The summed E-state index contributed by atoms with van der Waals surface area (Å²) in [5.41, 5.74) is 0.328. The first-order chi connectivity index (χ1) is 8.46. The molecule has 18 heavy (non-hydrogen) atoms. The maximum atomic E-state index is 11.9. The number of sulfonamides is 1. The second kappa shape index (κ2) is 6.46. The largest absolute Gasteiger partial charge is 0.480 e. The zero-order chi connectivity index (χ0) is 13.6. The molecule has 1 aromatic carbocycles. The van der Waals surface area contributed by atoms with Crippen LogP contribution in [0.25, 0.3) is 0 Å². The molecule has 0 saturated heterocycles. The lowest BCUT2D eigenvalue weighted by atomic mass is 10.1. The van der Waals surface area contributed by atoms with Crippen molar-refractivity contribution in [2.24, 2.45) is 0 Å². The molecular formula is C11H14FNO4S. The standard InChI is InChI=1S/C11H14FNO4S/c12-7-4-8-18(16,17)13-10(11(14)15)9-5-2-1-3-6-9/h1-3,5-6,10,13H,4,7-8H2,(H,14,15)/t10-/m1/s1. The highest BCUT2D eigenvalue weighted by Gasteiger charge is 2.25. The Bertz CT molecular complexity index is 489. The van der Waals surface area contributed by atoms with Gasteiger partial charge in [-0.3, -0.25) is 9.18 Å². The normalized spacial score (nSPS) is 13.2. The highest BCUT2D eigenvalue weighted by Crippen LogP contribution is 2.14. The molecule has 0 heterocycles. The van der Waals surface area contributed by atoms with Crippen LogP contribution in [0.4, 0.5) is 4.39 Å². The van der Waals surface area contributed by atoms with Crippen LogP contribution < -0.4 is 4.72 Å². The van der Waals surface area contributed by atoms with E-state index in [0.29, 0.717) is 5.56 Å². The molecule has 1 rings (SSSR count). The maximum absolute atomic E-state index is 11.9. The molecule has 1 aromatic rings. The van der Waals surface area contributed by atoms with Gasteiger partial charge in [0.25, 0.3) is 0 Å². The molecule has 0 spiro atoms. The highest BCUT2D eigenvalue weighted by molar-refractivity contribution is 7.89. The minimum atomic E-state index is -3.81. The van der Waals surface area contributed by atoms with E-state index in [2.05, 4.69) is 0 Å². The first-order valence-electron chi connectivity index (χ1n) is 5.30. The number of carboxylic acids is 1. The van der Waals surface area contributed by atoms with E-state index in [1.165, 1.54) is 12.1 Å². The lowest BCUT2D eigenvalue weighted by molar-refractivity contribution is -0.139. The van der Waals surface area contributed by atoms with E-state index in [9.17, 15) is 17.6 Å². The predicted octanol–water partition coefficient (Wildman–Crippen LogP) is 1.09. The van der Waals surface area contributed by atoms with E-state index in [1.807, 2.05) is 4.72 Å². The van der Waals surface area contributed by atoms with Crippen molar-refractivity contribution in [3.05, 3.63) is 35.9 Å². The minimum absolute atomic E-state index is 0.156. The van der Waals surface area contributed by atoms with Gasteiger partial charge in [-0.05, 0) is 12.0 Å². The summed E-state index contributed by atoms with van der Waals surface area (Å²) in [4.78, 5) is 11.1. The van der Waals surface area contributed by atoms with Crippen LogP contribution in [0.3, 0.4) is 0 Å². The molecule has 0 bridgehead atoms. The second-order valence-corrected chi connectivity index (χ2v) is 5.53. The smallest absolute Gasteiger partial charge is 0.326 e. The summed E-state index contributed by atoms with van der Waals surface area (Å²) in [6.45, 7) is -0.760. The summed E-state index contributed by atoms with van der Waals surface area (Å²) in [5, 5.41) is 9.01. The summed E-state index contributed by atoms with van der Waals surface area (Å²) in [7, 11) is -3.81. The summed E-state index contributed by atoms with van der Waals surface area (Å²) in [6.07, 6.45) is -0.156. The van der Waals surface area contributed by atoms with Gasteiger partial charge in [0.15, 0.2) is 0 Å². The maximum Gasteiger partial charge on any atom is 0.326 e. The molecule has 0 aliphatic heterocycles. The quantitative estimate of drug-likeness (QED) is 0.780. The van der Waals surface area contributed by atoms with Gasteiger partial charge in [0, 0.05) is 0 Å². The molecule has 5 nitrogen and oxygen atoms in total. The molecule has 1 atom stereocenters. The Balaban J connectivity index is 2.86. The van der Waals surface area contributed by atoms with Crippen LogP contribution in [-0.4, -0.2) is 31.9 Å². The number of halogens is 1. The number of aliphatic carboxylic acids is 1. The molecule has 100 valence electrons. The molecular weight excluding hydrogens is 261 g/mol. The zero-order valence-electron chi connectivity index (χ0n) is 9.54. The molecule has 0 radical (unpaired) electrons. The van der Waals surface area contributed by atoms with Crippen LogP contribution in [0.5, 0.6) is 0 Å². The lowest BCUT2D eigenvalue weighted by Crippen LogP contribution is -2.35. The minimum Gasteiger partial charge on any atom is -0.480 e. The van der Waals surface area contributed by atoms with Crippen molar-refractivity contribution in [2.75, 3.05) is 12.4 Å². The first-order valence-corrected chi connectivity index (χ1v) is 6.95. The molecule has 0 aromatic heterocycles. The van der Waals surface area contributed by atoms with Crippen molar-refractivity contribution in [2.45, 2.75) is 12.5 Å². The number of alkyl halides is 1. The molecule has 0 aliphatic rings. The highest BCUT2D eigenvalue weighted by atomic mass is 32.2. The van der Waals surface area contributed by atoms with Crippen molar-refractivity contribution in [1.29, 1.82) is 0 Å². The van der Waals surface area contributed by atoms with Gasteiger partial charge in [-0.1, -0.05) is 30.3 Å². The van der Waals surface area contributed by atoms with Crippen molar-refractivity contribution in [3.8, 4) is 0 Å². The van der Waals surface area contributed by atoms with E-state index >= 15 is 0 Å². The summed E-state index contributed by atoms with van der Waals surface area (Å²) >= 11 is 0. The Labute approximate surface area is 105 Å². The lowest BCUT2D eigenvalue weighted by Gasteiger charge is -2.14. The van der Waals surface area contributed by atoms with Crippen LogP contribution >= 0.6 is 0 Å². The zero-order valence-corrected chi connectivity index (χ0v) is 10.4. The SMILES string of the molecule is O=C(O)[C@H](NS(=O)(=O)CCCF)c1ccccc1. The van der Waals surface area contributed by atoms with Crippen LogP contribution in [0, 0.1) is 0 Å². The fourth-order valence-electron chi connectivity index (χ4n) is 1.39. The molecule has 0 unspecified atom stereocenters. The predicted molar refractivity (Wildman–Crippen MR) is 64.3 cm³/mol. The van der Waals surface area contributed by atoms with Crippen molar-refractivity contribution in [3.63, 3.8) is 0 Å². The number of nitrogens with one attached hydrogen (secondary N) is 1. The average molecular weight is 275 g/mol. The Hall–Kier alpha value is -1.47. The van der Waals surface area contributed by atoms with E-state index in [-0.39, 0.29) is 6.42 Å². The van der Waals surface area contributed by atoms with E-state index in [0.717, 1.165) is 0 Å². The van der Waals surface area contributed by atoms with E-state index < -0.39 is 34.5 Å². The molecule has 0 fully saturated rings. The third-order valence-corrected chi connectivity index (χ3v) is 3.64. The first kappa shape index (κ1) is 14.6. The van der Waals surface area contributed by atoms with Crippen LogP contribution in [0.15, 0.2) is 30.3 Å². The van der Waals surface area contributed by atoms with Crippen molar-refractivity contribution < 1.29 is 22.7 Å². The fourth-order valence-corrected chi connectivity index (χ4v) is 2.59. The molecule has 0 saturated carbocycles. The van der Waals surface area contributed by atoms with Gasteiger partial charge >= 0.3 is 5.97 Å². The van der Waals surface area contributed by atoms with E-state index in [4.69, 9.17) is 5.11 Å². The Morgan fingerprint density at radius 1 is 1.33 bits per heavy atom. The van der Waals surface area contributed by atoms with Gasteiger partial charge in [-0.25, -0.2) is 8.42 Å². The second-order valence-electron chi connectivity index (χ2n) is 3.66. The molecule has 2 N–H and O–H groups in total. The Morgan fingerprint density at radius 3 is 2.44 bits per heavy atom. The number of carbonyl (C=O) groups is 1. The molecule has 0 amide bonds. The Kier molecular flexibility index (Phi) is 5.24. The summed E-state index contributed by atoms with van der Waals surface area (Å²) in [5.74, 6) is -1.73. The third kappa shape index (κ3) is 4.42. The summed E-state index contributed by atoms with van der Waals surface area (Å²) in [6, 6.07) is 6.59. The van der Waals surface area contributed by atoms with Gasteiger partial charge in [-0.15, -0.1) is 0 Å². The van der Waals surface area contributed by atoms with Crippen molar-refractivity contribution >= 4 is 16.0 Å². The van der Waals surface area contributed by atoms with E-state index in [1.54, 1.807) is 18.2 Å². The average Bonchev–Trinajstić information content (AvgIpc) is 2.34. The number of hydrogen-bond donors (Lipinski definition) is 2. The number of carboxylic acid groups (broad SMARTS) is 1. The molecule has 0 aliphatic carbocycles. The van der Waals surface area contributed by atoms with Gasteiger partial charge in [0.2, 0.25) is 10.0 Å². The number of benzene rings is 1. The van der Waals surface area contributed by atoms with Crippen molar-refractivity contribution in [1.82, 2.24) is 4.72 Å².